The van der Waals surface area contributed by atoms with E-state index in [4.69, 9.17) is 4.74 Å². The van der Waals surface area contributed by atoms with Crippen LogP contribution in [0.4, 0.5) is 5.69 Å². The predicted octanol–water partition coefficient (Wildman–Crippen LogP) is 4.58. The second-order valence-corrected chi connectivity index (χ2v) is 6.14. The van der Waals surface area contributed by atoms with Crippen LogP contribution in [-0.2, 0) is 0 Å². The van der Waals surface area contributed by atoms with Crippen LogP contribution in [0.5, 0.6) is 5.88 Å². The van der Waals surface area contributed by atoms with Gasteiger partial charge in [0.05, 0.1) is 24.5 Å². The fraction of sp³-hybridized carbons (Fsp3) is 0.143. The molecule has 0 bridgehead atoms. The molecule has 0 radical (unpaired) electrons. The van der Waals surface area contributed by atoms with Gasteiger partial charge in [-0.3, -0.25) is 0 Å². The number of pyridine rings is 2. The molecular weight excluding hydrogens is 324 g/mol. The lowest BCUT2D eigenvalue weighted by Gasteiger charge is -2.15. The van der Waals surface area contributed by atoms with Gasteiger partial charge in [-0.05, 0) is 37.3 Å². The molecule has 0 saturated carbocycles. The minimum absolute atomic E-state index is 0.0751. The van der Waals surface area contributed by atoms with Crippen molar-refractivity contribution < 1.29 is 4.74 Å². The molecule has 0 aliphatic carbocycles. The van der Waals surface area contributed by atoms with E-state index in [2.05, 4.69) is 46.5 Å². The van der Waals surface area contributed by atoms with Gasteiger partial charge in [-0.2, -0.15) is 0 Å². The molecule has 0 amide bonds. The van der Waals surface area contributed by atoms with E-state index in [1.165, 1.54) is 0 Å². The maximum Gasteiger partial charge on any atom is 0.213 e. The molecule has 0 spiro atoms. The third-order valence-electron chi connectivity index (χ3n) is 4.33. The Morgan fingerprint density at radius 2 is 1.81 bits per heavy atom. The van der Waals surface area contributed by atoms with E-state index in [1.54, 1.807) is 7.11 Å². The molecule has 0 aliphatic rings. The Hall–Kier alpha value is -3.34. The average molecular weight is 344 g/mol. The van der Waals surface area contributed by atoms with E-state index in [0.717, 1.165) is 28.3 Å². The summed E-state index contributed by atoms with van der Waals surface area (Å²) in [6.45, 7) is 2.08. The van der Waals surface area contributed by atoms with Crippen LogP contribution in [0.1, 0.15) is 18.7 Å². The highest BCUT2D eigenvalue weighted by Gasteiger charge is 2.09. The van der Waals surface area contributed by atoms with E-state index in [0.29, 0.717) is 5.88 Å². The summed E-state index contributed by atoms with van der Waals surface area (Å²) in [5.74, 6) is 0.623. The van der Waals surface area contributed by atoms with Gasteiger partial charge in [0, 0.05) is 29.7 Å². The molecule has 130 valence electrons. The number of anilines is 1. The van der Waals surface area contributed by atoms with Crippen LogP contribution in [-0.4, -0.2) is 21.5 Å². The second kappa shape index (κ2) is 6.88. The SMILES string of the molecule is COc1cccc(C(C)Nc2ccc(-c3cn4ccccc4n3)cc2)n1. The summed E-state index contributed by atoms with van der Waals surface area (Å²) in [6.07, 6.45) is 4.05. The van der Waals surface area contributed by atoms with Gasteiger partial charge in [0.25, 0.3) is 0 Å². The molecule has 4 aromatic rings. The summed E-state index contributed by atoms with van der Waals surface area (Å²) >= 11 is 0. The van der Waals surface area contributed by atoms with Crippen molar-refractivity contribution in [3.05, 3.63) is 78.8 Å². The fourth-order valence-corrected chi connectivity index (χ4v) is 2.92. The first kappa shape index (κ1) is 16.1. The van der Waals surface area contributed by atoms with Crippen LogP contribution in [0.15, 0.2) is 73.1 Å². The molecule has 5 nitrogen and oxygen atoms in total. The number of methoxy groups -OCH3 is 1. The number of hydrogen-bond donors (Lipinski definition) is 1. The van der Waals surface area contributed by atoms with Crippen molar-refractivity contribution in [1.29, 1.82) is 0 Å². The van der Waals surface area contributed by atoms with E-state index in [-0.39, 0.29) is 6.04 Å². The van der Waals surface area contributed by atoms with E-state index in [9.17, 15) is 0 Å². The number of fused-ring (bicyclic) bond motifs is 1. The van der Waals surface area contributed by atoms with Crippen molar-refractivity contribution in [2.75, 3.05) is 12.4 Å². The average Bonchev–Trinajstić information content (AvgIpc) is 3.13. The number of benzene rings is 1. The lowest BCUT2D eigenvalue weighted by atomic mass is 10.1. The zero-order valence-corrected chi connectivity index (χ0v) is 14.8. The first-order valence-electron chi connectivity index (χ1n) is 8.54. The maximum atomic E-state index is 5.20. The van der Waals surface area contributed by atoms with Crippen LogP contribution < -0.4 is 10.1 Å². The number of nitrogens with zero attached hydrogens (tertiary/aromatic N) is 3. The number of hydrogen-bond acceptors (Lipinski definition) is 4. The van der Waals surface area contributed by atoms with Gasteiger partial charge in [0.2, 0.25) is 5.88 Å². The van der Waals surface area contributed by atoms with Crippen LogP contribution in [0.2, 0.25) is 0 Å². The van der Waals surface area contributed by atoms with Crippen molar-refractivity contribution in [2.24, 2.45) is 0 Å². The second-order valence-electron chi connectivity index (χ2n) is 6.14. The number of rotatable bonds is 5. The zero-order chi connectivity index (χ0) is 17.9. The van der Waals surface area contributed by atoms with Crippen LogP contribution in [0, 0.1) is 0 Å². The third kappa shape index (κ3) is 3.24. The van der Waals surface area contributed by atoms with E-state index < -0.39 is 0 Å². The normalized spacial score (nSPS) is 12.1. The molecule has 5 heteroatoms. The minimum Gasteiger partial charge on any atom is -0.481 e. The monoisotopic (exact) mass is 344 g/mol. The van der Waals surface area contributed by atoms with Crippen LogP contribution >= 0.6 is 0 Å². The molecule has 1 unspecified atom stereocenters. The van der Waals surface area contributed by atoms with Crippen LogP contribution in [0.3, 0.4) is 0 Å². The lowest BCUT2D eigenvalue weighted by Crippen LogP contribution is -2.08. The van der Waals surface area contributed by atoms with Gasteiger partial charge >= 0.3 is 0 Å². The Morgan fingerprint density at radius 1 is 0.962 bits per heavy atom. The summed E-state index contributed by atoms with van der Waals surface area (Å²) < 4.78 is 7.22. The highest BCUT2D eigenvalue weighted by molar-refractivity contribution is 5.65. The van der Waals surface area contributed by atoms with Gasteiger partial charge in [0.1, 0.15) is 5.65 Å². The molecule has 0 fully saturated rings. The van der Waals surface area contributed by atoms with Gasteiger partial charge in [-0.15, -0.1) is 0 Å². The molecule has 1 aromatic carbocycles. The Bertz CT molecular complexity index is 991. The first-order chi connectivity index (χ1) is 12.7. The van der Waals surface area contributed by atoms with E-state index in [1.807, 2.05) is 53.2 Å². The number of nitrogens with one attached hydrogen (secondary N) is 1. The number of imidazole rings is 1. The van der Waals surface area contributed by atoms with Gasteiger partial charge < -0.3 is 14.5 Å². The highest BCUT2D eigenvalue weighted by Crippen LogP contribution is 2.24. The smallest absolute Gasteiger partial charge is 0.213 e. The molecule has 0 saturated heterocycles. The summed E-state index contributed by atoms with van der Waals surface area (Å²) in [4.78, 5) is 9.14. The summed E-state index contributed by atoms with van der Waals surface area (Å²) in [6, 6.07) is 20.1. The summed E-state index contributed by atoms with van der Waals surface area (Å²) in [5.41, 5.74) is 4.97. The zero-order valence-electron chi connectivity index (χ0n) is 14.8. The minimum atomic E-state index is 0.0751. The Balaban J connectivity index is 1.52. The Labute approximate surface area is 152 Å². The number of aromatic nitrogens is 3. The molecule has 4 rings (SSSR count). The van der Waals surface area contributed by atoms with Crippen molar-refractivity contribution in [3.8, 4) is 17.1 Å². The molecule has 26 heavy (non-hydrogen) atoms. The molecule has 3 heterocycles. The van der Waals surface area contributed by atoms with Crippen molar-refractivity contribution in [2.45, 2.75) is 13.0 Å². The van der Waals surface area contributed by atoms with Gasteiger partial charge in [0.15, 0.2) is 0 Å². The van der Waals surface area contributed by atoms with Crippen molar-refractivity contribution in [3.63, 3.8) is 0 Å². The molecule has 1 atom stereocenters. The Kier molecular flexibility index (Phi) is 4.27. The van der Waals surface area contributed by atoms with Crippen molar-refractivity contribution in [1.82, 2.24) is 14.4 Å². The van der Waals surface area contributed by atoms with Crippen LogP contribution in [0.25, 0.3) is 16.9 Å². The first-order valence-corrected chi connectivity index (χ1v) is 8.54. The topological polar surface area (TPSA) is 51.5 Å². The van der Waals surface area contributed by atoms with Gasteiger partial charge in [-0.25, -0.2) is 9.97 Å². The standard InChI is InChI=1S/C21H20N4O/c1-15(18-6-5-8-21(24-18)26-2)22-17-11-9-16(10-12-17)19-14-25-13-4-3-7-20(25)23-19/h3-15,22H,1-2H3. The Morgan fingerprint density at radius 3 is 2.58 bits per heavy atom. The summed E-state index contributed by atoms with van der Waals surface area (Å²) in [5, 5.41) is 3.47. The number of ether oxygens (including phenoxy) is 1. The van der Waals surface area contributed by atoms with Crippen molar-refractivity contribution >= 4 is 11.3 Å². The summed E-state index contributed by atoms with van der Waals surface area (Å²) in [7, 11) is 1.63. The lowest BCUT2D eigenvalue weighted by molar-refractivity contribution is 0.395. The fourth-order valence-electron chi connectivity index (χ4n) is 2.92. The molecular formula is C21H20N4O. The molecule has 1 N–H and O–H groups in total. The maximum absolute atomic E-state index is 5.20. The largest absolute Gasteiger partial charge is 0.481 e. The van der Waals surface area contributed by atoms with E-state index >= 15 is 0 Å². The molecule has 3 aromatic heterocycles. The highest BCUT2D eigenvalue weighted by atomic mass is 16.5. The predicted molar refractivity (Wildman–Crippen MR) is 103 cm³/mol. The molecule has 0 aliphatic heterocycles. The third-order valence-corrected chi connectivity index (χ3v) is 4.33. The van der Waals surface area contributed by atoms with Gasteiger partial charge in [-0.1, -0.05) is 24.3 Å². The quantitative estimate of drug-likeness (QED) is 0.576.